The van der Waals surface area contributed by atoms with Crippen molar-refractivity contribution in [1.82, 2.24) is 0 Å². The monoisotopic (exact) mass is 1170 g/mol. The summed E-state index contributed by atoms with van der Waals surface area (Å²) < 4.78 is 0. The molecule has 259 valence electrons. The fourth-order valence-corrected chi connectivity index (χ4v) is 8.48. The van der Waals surface area contributed by atoms with Crippen LogP contribution in [-0.2, 0) is 44.8 Å². The fourth-order valence-electron chi connectivity index (χ4n) is 3.26. The molecule has 0 heterocycles. The van der Waals surface area contributed by atoms with Crippen LogP contribution in [-0.4, -0.2) is 40.0 Å². The zero-order valence-corrected chi connectivity index (χ0v) is 39.0. The van der Waals surface area contributed by atoms with Gasteiger partial charge in [0.05, 0.1) is 0 Å². The predicted octanol–water partition coefficient (Wildman–Crippen LogP) is 12.0. The van der Waals surface area contributed by atoms with Gasteiger partial charge in [0, 0.05) is 53.0 Å². The third-order valence-electron chi connectivity index (χ3n) is 5.20. The average molecular weight is 1180 g/mol. The van der Waals surface area contributed by atoms with E-state index in [0.29, 0.717) is 0 Å². The van der Waals surface area contributed by atoms with Crippen molar-refractivity contribution in [2.45, 2.75) is 0 Å². The van der Waals surface area contributed by atoms with Crippen LogP contribution in [0.2, 0.25) is 0 Å². The van der Waals surface area contributed by atoms with Gasteiger partial charge in [0.25, 0.3) is 0 Å². The van der Waals surface area contributed by atoms with E-state index in [-0.39, 0.29) is 52.2 Å². The summed E-state index contributed by atoms with van der Waals surface area (Å²) in [7, 11) is -2.29. The van der Waals surface area contributed by atoms with Gasteiger partial charge in [-0.15, -0.1) is 7.26 Å². The Morgan fingerprint density at radius 2 is 0.689 bits per heavy atom. The zero-order chi connectivity index (χ0) is 32.3. The Bertz CT molecular complexity index is 1220. The molecule has 0 fully saturated rings. The van der Waals surface area contributed by atoms with Crippen LogP contribution in [0.4, 0.5) is 0 Å². The molecule has 0 aliphatic heterocycles. The van der Waals surface area contributed by atoms with Gasteiger partial charge in [0.1, 0.15) is 0 Å². The second kappa shape index (κ2) is 20.7. The maximum absolute atomic E-state index is 4.38. The molecule has 0 aliphatic rings. The molecule has 0 amide bonds. The standard InChI is InChI=1S/C14H14BrP.C14H14P.C4H11BrP.C4H11P.CH3.2Au/c1-16(2,15,13-9-5-3-6-10-13)14-11-7-4-8-12-14;1-15(2,13-9-5-3-6-10-13)14-11-7-4-8-12-14;1-6(2,3,4)5;1-5(2,3)4;;;/h3-12H,1-2H2;3-12H,1-2H2;1H2,2-4H3;1H2,2-4H3;1H3;;/q-2;2*-1;;-1;;+3. The molecule has 45 heavy (non-hydrogen) atoms. The second-order valence-corrected chi connectivity index (χ2v) is 43.1. The smallest absolute Gasteiger partial charge is 0.0408 e. The van der Waals surface area contributed by atoms with E-state index < -0.39 is 25.1 Å². The van der Waals surface area contributed by atoms with E-state index in [0.717, 1.165) is 0 Å². The van der Waals surface area contributed by atoms with Crippen molar-refractivity contribution in [3.63, 3.8) is 0 Å². The van der Waals surface area contributed by atoms with Crippen LogP contribution in [0.15, 0.2) is 121 Å². The summed E-state index contributed by atoms with van der Waals surface area (Å²) in [6.45, 7) is 38.2. The van der Waals surface area contributed by atoms with Crippen molar-refractivity contribution in [3.8, 4) is 0 Å². The Balaban J connectivity index is -0.000000566. The summed E-state index contributed by atoms with van der Waals surface area (Å²) in [6, 6.07) is 41.1. The van der Waals surface area contributed by atoms with E-state index >= 15 is 0 Å². The van der Waals surface area contributed by atoms with Crippen molar-refractivity contribution in [3.05, 3.63) is 169 Å². The molecule has 0 N–H and O–H groups in total. The van der Waals surface area contributed by atoms with Crippen LogP contribution in [0.3, 0.4) is 0 Å². The van der Waals surface area contributed by atoms with Crippen LogP contribution in [0.1, 0.15) is 0 Å². The average Bonchev–Trinajstić information content (AvgIpc) is 2.89. The van der Waals surface area contributed by atoms with Crippen LogP contribution in [0.25, 0.3) is 0 Å². The summed E-state index contributed by atoms with van der Waals surface area (Å²) in [4.78, 5) is 0. The normalized spacial score (nSPS) is 12.7. The van der Waals surface area contributed by atoms with E-state index in [1.807, 2.05) is 72.8 Å². The molecule has 0 nitrogen and oxygen atoms in total. The quantitative estimate of drug-likeness (QED) is 0.109. The number of hydrogen-bond acceptors (Lipinski definition) is 0. The molecule has 0 aliphatic carbocycles. The van der Waals surface area contributed by atoms with E-state index in [4.69, 9.17) is 0 Å². The van der Waals surface area contributed by atoms with Gasteiger partial charge >= 0.3 is 175 Å². The molecule has 0 aromatic heterocycles. The topological polar surface area (TPSA) is 0 Å². The molecule has 0 saturated carbocycles. The van der Waals surface area contributed by atoms with Gasteiger partial charge in [-0.3, -0.25) is 0 Å². The molecule has 1 radical (unpaired) electrons. The number of rotatable bonds is 4. The summed E-state index contributed by atoms with van der Waals surface area (Å²) >= 11 is 7.31. The first-order valence-corrected chi connectivity index (χ1v) is 29.3. The minimum Gasteiger partial charge on any atom is -0.358 e. The van der Waals surface area contributed by atoms with Gasteiger partial charge in [0.15, 0.2) is 0 Å². The predicted molar refractivity (Wildman–Crippen MR) is 224 cm³/mol. The summed E-state index contributed by atoms with van der Waals surface area (Å²) in [6.07, 6.45) is 0. The minimum absolute atomic E-state index is 0. The third-order valence-corrected chi connectivity index (χ3v) is 13.2. The van der Waals surface area contributed by atoms with Gasteiger partial charge in [-0.1, -0.05) is 36.4 Å². The van der Waals surface area contributed by atoms with Crippen LogP contribution in [0.5, 0.6) is 0 Å². The summed E-state index contributed by atoms with van der Waals surface area (Å²) in [5, 5.41) is 0.718. The van der Waals surface area contributed by atoms with E-state index in [9.17, 15) is 0 Å². The van der Waals surface area contributed by atoms with Crippen molar-refractivity contribution in [2.75, 3.05) is 40.0 Å². The Morgan fingerprint density at radius 1 is 0.511 bits per heavy atom. The Labute approximate surface area is 327 Å². The first kappa shape index (κ1) is 50.4. The zero-order valence-electron chi connectivity index (χ0n) is 27.9. The number of benzene rings is 4. The van der Waals surface area contributed by atoms with Gasteiger partial charge in [0.2, 0.25) is 0 Å². The number of hydrogen-bond donors (Lipinski definition) is 0. The Morgan fingerprint density at radius 3 is 0.889 bits per heavy atom. The minimum atomic E-state index is -2.62. The maximum atomic E-state index is 4.38. The van der Waals surface area contributed by atoms with Crippen molar-refractivity contribution in [2.24, 2.45) is 0 Å². The Kier molecular flexibility index (Phi) is 23.1. The van der Waals surface area contributed by atoms with Crippen LogP contribution in [0, 0.1) is 47.4 Å². The van der Waals surface area contributed by atoms with Crippen molar-refractivity contribution < 1.29 is 44.8 Å². The summed E-state index contributed by atoms with van der Waals surface area (Å²) in [5.74, 6) is 0. The molecule has 0 unspecified atom stereocenters. The van der Waals surface area contributed by atoms with E-state index in [1.54, 1.807) is 0 Å². The molecular formula is C37H53Au2Br2P4-2. The van der Waals surface area contributed by atoms with E-state index in [2.05, 4.69) is 159 Å². The molecule has 0 spiro atoms. The molecule has 4 aromatic carbocycles. The van der Waals surface area contributed by atoms with Gasteiger partial charge < -0.3 is 7.43 Å². The number of halogens is 2. The largest absolute Gasteiger partial charge is 0.358 e. The van der Waals surface area contributed by atoms with Gasteiger partial charge in [-0.05, 0) is 24.3 Å². The molecule has 0 atom stereocenters. The molecule has 8 heteroatoms. The van der Waals surface area contributed by atoms with Crippen molar-refractivity contribution in [1.29, 1.82) is 0 Å². The van der Waals surface area contributed by atoms with Gasteiger partial charge in [-0.2, -0.15) is 27.3 Å². The molecule has 4 rings (SSSR count). The Hall–Kier alpha value is 1.04. The molecule has 0 bridgehead atoms. The fraction of sp³-hybridized carbons (Fsp3) is 0.162. The second-order valence-electron chi connectivity index (χ2n) is 12.9. The molecular weight excluding hydrogens is 1120 g/mol. The van der Waals surface area contributed by atoms with Crippen LogP contribution < -0.4 is 21.2 Å². The maximum Gasteiger partial charge on any atom is 0.0408 e. The third kappa shape index (κ3) is 22.4. The SMILES string of the molecule is [Au+3].[Au].[CH2-]P(C)(C)(C)Br.[CH2-]P([CH2-])(Br)(c1ccccc1)c1ccccc1.[CH2-][P+](C)(C)C.[CH2-][P+]([CH2-])(c1ccccc1)c1ccccc1.[CH3-]. The van der Waals surface area contributed by atoms with E-state index in [1.165, 1.54) is 21.2 Å². The van der Waals surface area contributed by atoms with Gasteiger partial charge in [-0.25, -0.2) is 0 Å². The first-order chi connectivity index (χ1) is 18.9. The molecule has 0 saturated heterocycles. The summed E-state index contributed by atoms with van der Waals surface area (Å²) in [5.41, 5.74) is 0. The molecule has 4 aromatic rings. The first-order valence-electron chi connectivity index (χ1n) is 13.5. The van der Waals surface area contributed by atoms with Crippen molar-refractivity contribution >= 4 is 77.3 Å². The van der Waals surface area contributed by atoms with Crippen LogP contribution >= 0.6 is 56.1 Å².